The molecule has 4 rings (SSSR count). The number of carbonyl (C=O) groups excluding carboxylic acids is 2. The Balaban J connectivity index is 1.69. The van der Waals surface area contributed by atoms with Gasteiger partial charge < -0.3 is 9.47 Å². The van der Waals surface area contributed by atoms with E-state index >= 15 is 0 Å². The van der Waals surface area contributed by atoms with Crippen molar-refractivity contribution in [3.63, 3.8) is 0 Å². The lowest BCUT2D eigenvalue weighted by atomic mass is 10.1. The Labute approximate surface area is 160 Å². The molecular formula is C19H17FN4O4. The van der Waals surface area contributed by atoms with E-state index in [4.69, 9.17) is 9.47 Å². The molecule has 1 saturated heterocycles. The highest BCUT2D eigenvalue weighted by molar-refractivity contribution is 6.26. The van der Waals surface area contributed by atoms with Crippen molar-refractivity contribution in [3.05, 3.63) is 47.8 Å². The van der Waals surface area contributed by atoms with E-state index in [0.717, 1.165) is 4.90 Å². The van der Waals surface area contributed by atoms with Crippen molar-refractivity contribution < 1.29 is 23.5 Å². The molecule has 2 amide bonds. The Morgan fingerprint density at radius 1 is 0.964 bits per heavy atom. The highest BCUT2D eigenvalue weighted by Crippen LogP contribution is 2.38. The highest BCUT2D eigenvalue weighted by atomic mass is 19.1. The van der Waals surface area contributed by atoms with Gasteiger partial charge in [0.2, 0.25) is 0 Å². The molecule has 144 valence electrons. The summed E-state index contributed by atoms with van der Waals surface area (Å²) in [5.74, 6) is -0.558. The van der Waals surface area contributed by atoms with Gasteiger partial charge in [0.1, 0.15) is 5.82 Å². The smallest absolute Gasteiger partial charge is 0.263 e. The van der Waals surface area contributed by atoms with Gasteiger partial charge in [0.05, 0.1) is 25.6 Å². The minimum absolute atomic E-state index is 0.340. The Bertz CT molecular complexity index is 1010. The molecule has 2 unspecified atom stereocenters. The van der Waals surface area contributed by atoms with Gasteiger partial charge in [0, 0.05) is 6.07 Å². The number of carbonyl (C=O) groups is 2. The van der Waals surface area contributed by atoms with Crippen LogP contribution in [0.2, 0.25) is 0 Å². The van der Waals surface area contributed by atoms with Crippen LogP contribution in [0.3, 0.4) is 0 Å². The molecular weight excluding hydrogens is 367 g/mol. The number of methoxy groups -OCH3 is 2. The summed E-state index contributed by atoms with van der Waals surface area (Å²) in [5.41, 5.74) is 1.17. The second-order valence-electron chi connectivity index (χ2n) is 6.42. The minimum Gasteiger partial charge on any atom is -0.493 e. The number of rotatable bonds is 4. The Morgan fingerprint density at radius 3 is 2.36 bits per heavy atom. The molecule has 0 N–H and O–H groups in total. The maximum absolute atomic E-state index is 14.0. The van der Waals surface area contributed by atoms with Crippen molar-refractivity contribution in [2.75, 3.05) is 24.1 Å². The zero-order valence-electron chi connectivity index (χ0n) is 15.4. The van der Waals surface area contributed by atoms with Gasteiger partial charge in [-0.05, 0) is 36.8 Å². The predicted molar refractivity (Wildman–Crippen MR) is 98.1 cm³/mol. The molecule has 0 aromatic heterocycles. The van der Waals surface area contributed by atoms with Gasteiger partial charge in [-0.2, -0.15) is 5.11 Å². The first-order valence-corrected chi connectivity index (χ1v) is 8.52. The van der Waals surface area contributed by atoms with E-state index in [1.165, 1.54) is 25.3 Å². The molecule has 0 radical (unpaired) electrons. The molecule has 8 nitrogen and oxygen atoms in total. The zero-order chi connectivity index (χ0) is 20.0. The Hall–Kier alpha value is -3.49. The first kappa shape index (κ1) is 17.9. The molecule has 1 fully saturated rings. The van der Waals surface area contributed by atoms with Crippen molar-refractivity contribution in [2.45, 2.75) is 19.0 Å². The van der Waals surface area contributed by atoms with Gasteiger partial charge in [-0.1, -0.05) is 11.3 Å². The normalized spacial score (nSPS) is 20.7. The standard InChI is InChI=1S/C19H17FN4O4/c1-10-4-5-12(8-13(10)20)24-17-16(21-22-24)18(25)23(19(17)26)11-6-7-14(27-2)15(9-11)28-3/h4-9,16-17H,1-3H3. The number of hydrogen-bond donors (Lipinski definition) is 0. The molecule has 2 aliphatic rings. The lowest BCUT2D eigenvalue weighted by Gasteiger charge is -2.21. The number of ether oxygens (including phenoxy) is 2. The van der Waals surface area contributed by atoms with E-state index in [0.29, 0.717) is 28.4 Å². The second-order valence-corrected chi connectivity index (χ2v) is 6.42. The molecule has 28 heavy (non-hydrogen) atoms. The summed E-state index contributed by atoms with van der Waals surface area (Å²) < 4.78 is 24.4. The predicted octanol–water partition coefficient (Wildman–Crippen LogP) is 2.65. The monoisotopic (exact) mass is 384 g/mol. The van der Waals surface area contributed by atoms with Gasteiger partial charge >= 0.3 is 0 Å². The molecule has 2 aromatic rings. The van der Waals surface area contributed by atoms with Crippen LogP contribution in [-0.2, 0) is 9.59 Å². The molecule has 2 aromatic carbocycles. The van der Waals surface area contributed by atoms with Crippen molar-refractivity contribution >= 4 is 23.2 Å². The molecule has 0 bridgehead atoms. The topological polar surface area (TPSA) is 83.8 Å². The van der Waals surface area contributed by atoms with E-state index < -0.39 is 29.7 Å². The lowest BCUT2D eigenvalue weighted by Crippen LogP contribution is -2.40. The molecule has 2 heterocycles. The van der Waals surface area contributed by atoms with Crippen molar-refractivity contribution in [3.8, 4) is 11.5 Å². The van der Waals surface area contributed by atoms with Crippen LogP contribution in [0.15, 0.2) is 46.7 Å². The first-order valence-electron chi connectivity index (χ1n) is 8.52. The van der Waals surface area contributed by atoms with E-state index in [-0.39, 0.29) is 0 Å². The van der Waals surface area contributed by atoms with E-state index in [2.05, 4.69) is 10.3 Å². The van der Waals surface area contributed by atoms with Crippen LogP contribution in [0.1, 0.15) is 5.56 Å². The number of amides is 2. The number of benzene rings is 2. The largest absolute Gasteiger partial charge is 0.493 e. The Morgan fingerprint density at radius 2 is 1.68 bits per heavy atom. The van der Waals surface area contributed by atoms with Gasteiger partial charge in [0.25, 0.3) is 11.8 Å². The molecule has 9 heteroatoms. The summed E-state index contributed by atoms with van der Waals surface area (Å²) >= 11 is 0. The minimum atomic E-state index is -0.982. The number of hydrogen-bond acceptors (Lipinski definition) is 7. The SMILES string of the molecule is COc1ccc(N2C(=O)C3N=NN(c4ccc(C)c(F)c4)C3C2=O)cc1OC. The highest BCUT2D eigenvalue weighted by Gasteiger charge is 2.55. The maximum atomic E-state index is 14.0. The number of aryl methyl sites for hydroxylation is 1. The number of halogens is 1. The fraction of sp³-hybridized carbons (Fsp3) is 0.263. The molecule has 2 atom stereocenters. The fourth-order valence-electron chi connectivity index (χ4n) is 3.32. The summed E-state index contributed by atoms with van der Waals surface area (Å²) in [6.45, 7) is 1.64. The van der Waals surface area contributed by atoms with E-state index in [9.17, 15) is 14.0 Å². The van der Waals surface area contributed by atoms with Gasteiger partial charge in [-0.25, -0.2) is 14.3 Å². The first-order chi connectivity index (χ1) is 13.5. The number of fused-ring (bicyclic) bond motifs is 1. The third kappa shape index (κ3) is 2.58. The summed E-state index contributed by atoms with van der Waals surface area (Å²) in [6.07, 6.45) is 0. The second kappa shape index (κ2) is 6.59. The lowest BCUT2D eigenvalue weighted by molar-refractivity contribution is -0.121. The van der Waals surface area contributed by atoms with Crippen molar-refractivity contribution in [2.24, 2.45) is 10.3 Å². The van der Waals surface area contributed by atoms with Crippen molar-refractivity contribution in [1.82, 2.24) is 0 Å². The van der Waals surface area contributed by atoms with Crippen LogP contribution in [0.5, 0.6) is 11.5 Å². The molecule has 0 aliphatic carbocycles. The molecule has 0 spiro atoms. The number of anilines is 2. The average molecular weight is 384 g/mol. The van der Waals surface area contributed by atoms with E-state index in [1.54, 1.807) is 37.3 Å². The fourth-order valence-corrected chi connectivity index (χ4v) is 3.32. The van der Waals surface area contributed by atoms with Crippen LogP contribution in [0, 0.1) is 12.7 Å². The van der Waals surface area contributed by atoms with Gasteiger partial charge in [0.15, 0.2) is 23.6 Å². The van der Waals surface area contributed by atoms with Gasteiger partial charge in [-0.3, -0.25) is 9.59 Å². The van der Waals surface area contributed by atoms with E-state index in [1.807, 2.05) is 0 Å². The molecule has 0 saturated carbocycles. The summed E-state index contributed by atoms with van der Waals surface area (Å²) in [4.78, 5) is 26.9. The van der Waals surface area contributed by atoms with Crippen molar-refractivity contribution in [1.29, 1.82) is 0 Å². The number of nitrogens with zero attached hydrogens (tertiary/aromatic N) is 4. The van der Waals surface area contributed by atoms with Crippen LogP contribution >= 0.6 is 0 Å². The van der Waals surface area contributed by atoms with Crippen LogP contribution in [0.25, 0.3) is 0 Å². The molecule has 2 aliphatic heterocycles. The third-order valence-electron chi connectivity index (χ3n) is 4.83. The van der Waals surface area contributed by atoms with Crippen LogP contribution < -0.4 is 19.4 Å². The maximum Gasteiger partial charge on any atom is 0.263 e. The van der Waals surface area contributed by atoms with Crippen LogP contribution in [-0.4, -0.2) is 38.1 Å². The van der Waals surface area contributed by atoms with Crippen LogP contribution in [0.4, 0.5) is 15.8 Å². The van der Waals surface area contributed by atoms with Gasteiger partial charge in [-0.15, -0.1) is 0 Å². The quantitative estimate of drug-likeness (QED) is 0.757. The summed E-state index contributed by atoms with van der Waals surface area (Å²) in [6, 6.07) is 7.30. The average Bonchev–Trinajstić information content (AvgIpc) is 3.24. The Kier molecular flexibility index (Phi) is 4.21. The zero-order valence-corrected chi connectivity index (χ0v) is 15.4. The number of imide groups is 1. The summed E-state index contributed by atoms with van der Waals surface area (Å²) in [5, 5.41) is 9.17. The third-order valence-corrected chi connectivity index (χ3v) is 4.83. The summed E-state index contributed by atoms with van der Waals surface area (Å²) in [7, 11) is 2.96.